The number of rotatable bonds is 3. The van der Waals surface area contributed by atoms with E-state index in [4.69, 9.17) is 5.11 Å². The van der Waals surface area contributed by atoms with E-state index in [0.29, 0.717) is 4.47 Å². The van der Waals surface area contributed by atoms with Gasteiger partial charge in [-0.3, -0.25) is 4.79 Å². The highest BCUT2D eigenvalue weighted by Crippen LogP contribution is 2.53. The van der Waals surface area contributed by atoms with Crippen molar-refractivity contribution in [2.45, 2.75) is 31.6 Å². The second kappa shape index (κ2) is 3.84. The van der Waals surface area contributed by atoms with Crippen LogP contribution in [0, 0.1) is 12.7 Å². The molecule has 0 amide bonds. The predicted molar refractivity (Wildman–Crippen MR) is 62.0 cm³/mol. The highest BCUT2D eigenvalue weighted by atomic mass is 79.9. The molecule has 1 aliphatic carbocycles. The number of benzene rings is 1. The van der Waals surface area contributed by atoms with Crippen LogP contribution in [0.4, 0.5) is 4.39 Å². The largest absolute Gasteiger partial charge is 0.481 e. The third-order valence-electron chi connectivity index (χ3n) is 3.09. The van der Waals surface area contributed by atoms with Crippen LogP contribution in [0.3, 0.4) is 0 Å². The SMILES string of the molecule is Cc1cc(F)c(Br)c(C2(CC(=O)O)CC2)c1. The highest BCUT2D eigenvalue weighted by molar-refractivity contribution is 9.10. The zero-order chi connectivity index (χ0) is 11.9. The van der Waals surface area contributed by atoms with E-state index >= 15 is 0 Å². The molecule has 1 saturated carbocycles. The van der Waals surface area contributed by atoms with Crippen LogP contribution in [0.2, 0.25) is 0 Å². The second-order valence-electron chi connectivity index (χ2n) is 4.46. The van der Waals surface area contributed by atoms with Gasteiger partial charge in [0.05, 0.1) is 10.9 Å². The van der Waals surface area contributed by atoms with Gasteiger partial charge in [-0.1, -0.05) is 6.07 Å². The fourth-order valence-corrected chi connectivity index (χ4v) is 2.74. The summed E-state index contributed by atoms with van der Waals surface area (Å²) in [5, 5.41) is 8.87. The molecule has 4 heteroatoms. The maximum Gasteiger partial charge on any atom is 0.304 e. The van der Waals surface area contributed by atoms with E-state index in [1.54, 1.807) is 0 Å². The summed E-state index contributed by atoms with van der Waals surface area (Å²) < 4.78 is 14.0. The van der Waals surface area contributed by atoms with Gasteiger partial charge in [0.2, 0.25) is 0 Å². The molecule has 1 aromatic rings. The van der Waals surface area contributed by atoms with Crippen LogP contribution in [0.15, 0.2) is 16.6 Å². The molecule has 16 heavy (non-hydrogen) atoms. The van der Waals surface area contributed by atoms with E-state index in [0.717, 1.165) is 24.0 Å². The summed E-state index contributed by atoms with van der Waals surface area (Å²) in [5.74, 6) is -1.14. The third-order valence-corrected chi connectivity index (χ3v) is 3.89. The van der Waals surface area contributed by atoms with E-state index in [9.17, 15) is 9.18 Å². The van der Waals surface area contributed by atoms with Crippen molar-refractivity contribution in [2.75, 3.05) is 0 Å². The van der Waals surface area contributed by atoms with Crippen molar-refractivity contribution in [1.29, 1.82) is 0 Å². The maximum absolute atomic E-state index is 13.5. The Balaban J connectivity index is 2.44. The number of halogens is 2. The Labute approximate surface area is 102 Å². The van der Waals surface area contributed by atoms with E-state index in [2.05, 4.69) is 15.9 Å². The lowest BCUT2D eigenvalue weighted by molar-refractivity contribution is -0.137. The van der Waals surface area contributed by atoms with Crippen LogP contribution >= 0.6 is 15.9 Å². The van der Waals surface area contributed by atoms with Gasteiger partial charge < -0.3 is 5.11 Å². The summed E-state index contributed by atoms with van der Waals surface area (Å²) in [6.07, 6.45) is 1.72. The predicted octanol–water partition coefficient (Wildman–Crippen LogP) is 3.40. The van der Waals surface area contributed by atoms with Crippen LogP contribution in [0.1, 0.15) is 30.4 Å². The molecule has 0 saturated heterocycles. The second-order valence-corrected chi connectivity index (χ2v) is 5.25. The van der Waals surface area contributed by atoms with Gasteiger partial charge in [-0.15, -0.1) is 0 Å². The van der Waals surface area contributed by atoms with Crippen LogP contribution in [0.25, 0.3) is 0 Å². The van der Waals surface area contributed by atoms with Gasteiger partial charge in [0.15, 0.2) is 0 Å². The number of aryl methyl sites for hydroxylation is 1. The minimum absolute atomic E-state index is 0.0779. The summed E-state index contributed by atoms with van der Waals surface area (Å²) in [6.45, 7) is 1.82. The minimum Gasteiger partial charge on any atom is -0.481 e. The van der Waals surface area contributed by atoms with Crippen LogP contribution in [-0.4, -0.2) is 11.1 Å². The Hall–Kier alpha value is -0.900. The van der Waals surface area contributed by atoms with E-state index < -0.39 is 5.97 Å². The molecule has 0 spiro atoms. The summed E-state index contributed by atoms with van der Waals surface area (Å²) in [7, 11) is 0. The summed E-state index contributed by atoms with van der Waals surface area (Å²) >= 11 is 3.21. The summed E-state index contributed by atoms with van der Waals surface area (Å²) in [4.78, 5) is 10.8. The molecule has 0 aliphatic heterocycles. The number of carboxylic acid groups (broad SMARTS) is 1. The fraction of sp³-hybridized carbons (Fsp3) is 0.417. The number of carbonyl (C=O) groups is 1. The first-order chi connectivity index (χ1) is 7.44. The van der Waals surface area contributed by atoms with Gasteiger partial charge in [0.1, 0.15) is 5.82 Å². The summed E-state index contributed by atoms with van der Waals surface area (Å²) in [5.41, 5.74) is 1.28. The number of hydrogen-bond acceptors (Lipinski definition) is 1. The van der Waals surface area contributed by atoms with Gasteiger partial charge in [0.25, 0.3) is 0 Å². The zero-order valence-corrected chi connectivity index (χ0v) is 10.5. The topological polar surface area (TPSA) is 37.3 Å². The monoisotopic (exact) mass is 286 g/mol. The minimum atomic E-state index is -0.827. The lowest BCUT2D eigenvalue weighted by Crippen LogP contribution is -2.14. The maximum atomic E-state index is 13.5. The normalized spacial score (nSPS) is 17.2. The Morgan fingerprint density at radius 3 is 2.69 bits per heavy atom. The molecule has 0 radical (unpaired) electrons. The molecule has 0 atom stereocenters. The first-order valence-corrected chi connectivity index (χ1v) is 5.92. The van der Waals surface area contributed by atoms with E-state index in [-0.39, 0.29) is 17.7 Å². The van der Waals surface area contributed by atoms with Crippen molar-refractivity contribution in [2.24, 2.45) is 0 Å². The van der Waals surface area contributed by atoms with Crippen LogP contribution in [0.5, 0.6) is 0 Å². The average molecular weight is 287 g/mol. The lowest BCUT2D eigenvalue weighted by atomic mass is 9.91. The number of aliphatic carboxylic acids is 1. The van der Waals surface area contributed by atoms with Crippen molar-refractivity contribution in [3.8, 4) is 0 Å². The van der Waals surface area contributed by atoms with Gasteiger partial charge in [-0.05, 0) is 52.9 Å². The van der Waals surface area contributed by atoms with Crippen molar-refractivity contribution in [3.63, 3.8) is 0 Å². The Bertz CT molecular complexity index is 453. The molecule has 1 aromatic carbocycles. The van der Waals surface area contributed by atoms with Crippen molar-refractivity contribution in [3.05, 3.63) is 33.5 Å². The smallest absolute Gasteiger partial charge is 0.304 e. The van der Waals surface area contributed by atoms with E-state index in [1.807, 2.05) is 13.0 Å². The Kier molecular flexibility index (Phi) is 2.78. The van der Waals surface area contributed by atoms with Crippen molar-refractivity contribution in [1.82, 2.24) is 0 Å². The van der Waals surface area contributed by atoms with Crippen molar-refractivity contribution >= 4 is 21.9 Å². The van der Waals surface area contributed by atoms with Gasteiger partial charge in [-0.25, -0.2) is 4.39 Å². The van der Waals surface area contributed by atoms with E-state index in [1.165, 1.54) is 6.07 Å². The molecule has 0 heterocycles. The molecular weight excluding hydrogens is 275 g/mol. The van der Waals surface area contributed by atoms with Gasteiger partial charge in [0, 0.05) is 5.41 Å². The third kappa shape index (κ3) is 1.98. The lowest BCUT2D eigenvalue weighted by Gasteiger charge is -2.16. The average Bonchev–Trinajstić information content (AvgIpc) is 2.91. The molecule has 0 unspecified atom stereocenters. The van der Waals surface area contributed by atoms with Gasteiger partial charge >= 0.3 is 5.97 Å². The quantitative estimate of drug-likeness (QED) is 0.925. The summed E-state index contributed by atoms with van der Waals surface area (Å²) in [6, 6.07) is 3.33. The van der Waals surface area contributed by atoms with Gasteiger partial charge in [-0.2, -0.15) is 0 Å². The highest BCUT2D eigenvalue weighted by Gasteiger charge is 2.47. The molecule has 86 valence electrons. The number of carboxylic acids is 1. The van der Waals surface area contributed by atoms with Crippen LogP contribution < -0.4 is 0 Å². The molecule has 2 rings (SSSR count). The molecule has 1 N–H and O–H groups in total. The molecular formula is C12H12BrFO2. The molecule has 0 bridgehead atoms. The first kappa shape index (κ1) is 11.6. The Morgan fingerprint density at radius 2 is 2.19 bits per heavy atom. The fourth-order valence-electron chi connectivity index (χ4n) is 2.09. The molecule has 2 nitrogen and oxygen atoms in total. The molecule has 1 aliphatic rings. The standard InChI is InChI=1S/C12H12BrFO2/c1-7-4-8(11(13)9(14)5-7)12(2-3-12)6-10(15)16/h4-5H,2-3,6H2,1H3,(H,15,16). The van der Waals surface area contributed by atoms with Crippen molar-refractivity contribution < 1.29 is 14.3 Å². The van der Waals surface area contributed by atoms with Crippen LogP contribution in [-0.2, 0) is 10.2 Å². The first-order valence-electron chi connectivity index (χ1n) is 5.12. The Morgan fingerprint density at radius 1 is 1.56 bits per heavy atom. The zero-order valence-electron chi connectivity index (χ0n) is 8.89. The molecule has 1 fully saturated rings. The number of hydrogen-bond donors (Lipinski definition) is 1. The molecule has 0 aromatic heterocycles.